The van der Waals surface area contributed by atoms with Gasteiger partial charge in [-0.2, -0.15) is 13.2 Å². The van der Waals surface area contributed by atoms with Crippen molar-refractivity contribution >= 4 is 17.4 Å². The predicted molar refractivity (Wildman–Crippen MR) is 74.1 cm³/mol. The molecule has 1 aromatic heterocycles. The van der Waals surface area contributed by atoms with Crippen molar-refractivity contribution in [3.8, 4) is 0 Å². The van der Waals surface area contributed by atoms with Crippen molar-refractivity contribution < 1.29 is 13.2 Å². The highest BCUT2D eigenvalue weighted by Crippen LogP contribution is 2.29. The fraction of sp³-hybridized carbons (Fsp3) is 0.692. The maximum Gasteiger partial charge on any atom is 0.451 e. The van der Waals surface area contributed by atoms with Gasteiger partial charge in [-0.25, -0.2) is 9.97 Å². The summed E-state index contributed by atoms with van der Waals surface area (Å²) in [6.07, 6.45) is -1.62. The molecule has 0 saturated heterocycles. The molecule has 0 fully saturated rings. The minimum Gasteiger partial charge on any atom is -0.354 e. The van der Waals surface area contributed by atoms with E-state index in [4.69, 9.17) is 11.6 Å². The molecule has 0 spiro atoms. The summed E-state index contributed by atoms with van der Waals surface area (Å²) in [6.45, 7) is 6.55. The Hall–Kier alpha value is -1.04. The van der Waals surface area contributed by atoms with E-state index in [-0.39, 0.29) is 17.0 Å². The van der Waals surface area contributed by atoms with Crippen LogP contribution in [0.4, 0.5) is 19.0 Å². The molecule has 0 radical (unpaired) electrons. The number of halogens is 4. The standard InChI is InChI=1S/C13H19ClF3N3/c1-4-5-6-7-20(9(2)3)11-8-10(14)18-12(19-11)13(15,16)17/h8-9H,4-7H2,1-3H3. The van der Waals surface area contributed by atoms with Crippen LogP contribution in [0.1, 0.15) is 45.9 Å². The van der Waals surface area contributed by atoms with Gasteiger partial charge in [-0.1, -0.05) is 31.4 Å². The van der Waals surface area contributed by atoms with Crippen LogP contribution in [0.2, 0.25) is 5.15 Å². The van der Waals surface area contributed by atoms with Gasteiger partial charge >= 0.3 is 6.18 Å². The molecule has 3 nitrogen and oxygen atoms in total. The minimum atomic E-state index is -4.59. The van der Waals surface area contributed by atoms with Crippen LogP contribution in [-0.4, -0.2) is 22.6 Å². The van der Waals surface area contributed by atoms with E-state index in [2.05, 4.69) is 16.9 Å². The zero-order chi connectivity index (χ0) is 15.3. The van der Waals surface area contributed by atoms with Crippen molar-refractivity contribution in [2.45, 2.75) is 52.3 Å². The SMILES string of the molecule is CCCCCN(c1cc(Cl)nc(C(F)(F)F)n1)C(C)C. The number of hydrogen-bond acceptors (Lipinski definition) is 3. The van der Waals surface area contributed by atoms with Gasteiger partial charge in [-0.3, -0.25) is 0 Å². The second-order valence-electron chi connectivity index (χ2n) is 4.86. The third-order valence-corrected chi connectivity index (χ3v) is 3.05. The summed E-state index contributed by atoms with van der Waals surface area (Å²) in [5.74, 6) is -0.968. The zero-order valence-electron chi connectivity index (χ0n) is 11.8. The number of aromatic nitrogens is 2. The molecule has 0 aliphatic rings. The summed E-state index contributed by atoms with van der Waals surface area (Å²) in [5.41, 5.74) is 0. The fourth-order valence-electron chi connectivity index (χ4n) is 1.85. The third kappa shape index (κ3) is 4.81. The molecule has 114 valence electrons. The summed E-state index contributed by atoms with van der Waals surface area (Å²) in [4.78, 5) is 8.67. The predicted octanol–water partition coefficient (Wildman–Crippen LogP) is 4.55. The van der Waals surface area contributed by atoms with E-state index < -0.39 is 12.0 Å². The average molecular weight is 310 g/mol. The van der Waals surface area contributed by atoms with E-state index >= 15 is 0 Å². The highest BCUT2D eigenvalue weighted by Gasteiger charge is 2.35. The summed E-state index contributed by atoms with van der Waals surface area (Å²) >= 11 is 5.69. The molecule has 7 heteroatoms. The van der Waals surface area contributed by atoms with Crippen molar-refractivity contribution in [2.75, 3.05) is 11.4 Å². The molecule has 0 bridgehead atoms. The lowest BCUT2D eigenvalue weighted by atomic mass is 10.2. The molecule has 0 aliphatic carbocycles. The number of unbranched alkanes of at least 4 members (excludes halogenated alkanes) is 2. The Morgan fingerprint density at radius 1 is 1.25 bits per heavy atom. The molecule has 0 amide bonds. The summed E-state index contributed by atoms with van der Waals surface area (Å²) in [5, 5.41) is -0.191. The van der Waals surface area contributed by atoms with Crippen LogP contribution in [0.25, 0.3) is 0 Å². The van der Waals surface area contributed by atoms with Crippen LogP contribution in [0.15, 0.2) is 6.07 Å². The molecule has 0 N–H and O–H groups in total. The molecule has 0 atom stereocenters. The van der Waals surface area contributed by atoms with E-state index in [9.17, 15) is 13.2 Å². The van der Waals surface area contributed by atoms with E-state index in [1.54, 1.807) is 0 Å². The zero-order valence-corrected chi connectivity index (χ0v) is 12.6. The molecule has 1 aromatic rings. The number of anilines is 1. The molecular formula is C13H19ClF3N3. The molecule has 0 unspecified atom stereocenters. The lowest BCUT2D eigenvalue weighted by Crippen LogP contribution is -2.33. The van der Waals surface area contributed by atoms with Crippen LogP contribution >= 0.6 is 11.6 Å². The molecule has 20 heavy (non-hydrogen) atoms. The second-order valence-corrected chi connectivity index (χ2v) is 5.25. The minimum absolute atomic E-state index is 0.0407. The fourth-order valence-corrected chi connectivity index (χ4v) is 2.03. The Morgan fingerprint density at radius 3 is 2.40 bits per heavy atom. The molecular weight excluding hydrogens is 291 g/mol. The van der Waals surface area contributed by atoms with Crippen LogP contribution in [0.3, 0.4) is 0 Å². The Labute approximate surface area is 122 Å². The van der Waals surface area contributed by atoms with Crippen molar-refractivity contribution in [1.29, 1.82) is 0 Å². The highest BCUT2D eigenvalue weighted by molar-refractivity contribution is 6.29. The number of alkyl halides is 3. The normalized spacial score (nSPS) is 12.0. The maximum atomic E-state index is 12.7. The third-order valence-electron chi connectivity index (χ3n) is 2.86. The summed E-state index contributed by atoms with van der Waals surface area (Å²) in [7, 11) is 0. The van der Waals surface area contributed by atoms with Gasteiger partial charge in [0.25, 0.3) is 0 Å². The Bertz CT molecular complexity index is 435. The van der Waals surface area contributed by atoms with Gasteiger partial charge in [0.2, 0.25) is 5.82 Å². The van der Waals surface area contributed by atoms with Crippen LogP contribution < -0.4 is 4.90 Å². The smallest absolute Gasteiger partial charge is 0.354 e. The van der Waals surface area contributed by atoms with Gasteiger partial charge in [-0.15, -0.1) is 0 Å². The highest BCUT2D eigenvalue weighted by atomic mass is 35.5. The van der Waals surface area contributed by atoms with Gasteiger partial charge in [-0.05, 0) is 20.3 Å². The first kappa shape index (κ1) is 17.0. The monoisotopic (exact) mass is 309 g/mol. The van der Waals surface area contributed by atoms with Crippen molar-refractivity contribution in [1.82, 2.24) is 9.97 Å². The molecule has 0 aromatic carbocycles. The first-order valence-corrected chi connectivity index (χ1v) is 7.02. The van der Waals surface area contributed by atoms with Crippen molar-refractivity contribution in [3.63, 3.8) is 0 Å². The van der Waals surface area contributed by atoms with Crippen LogP contribution in [-0.2, 0) is 6.18 Å². The average Bonchev–Trinajstić information content (AvgIpc) is 2.32. The Morgan fingerprint density at radius 2 is 1.90 bits per heavy atom. The van der Waals surface area contributed by atoms with Crippen molar-refractivity contribution in [3.05, 3.63) is 17.0 Å². The van der Waals surface area contributed by atoms with E-state index in [1.807, 2.05) is 18.7 Å². The van der Waals surface area contributed by atoms with Gasteiger partial charge in [0.1, 0.15) is 11.0 Å². The number of rotatable bonds is 6. The number of nitrogens with zero attached hydrogens (tertiary/aromatic N) is 3. The van der Waals surface area contributed by atoms with Gasteiger partial charge in [0, 0.05) is 18.7 Å². The van der Waals surface area contributed by atoms with E-state index in [1.165, 1.54) is 6.07 Å². The van der Waals surface area contributed by atoms with E-state index in [0.717, 1.165) is 19.3 Å². The number of hydrogen-bond donors (Lipinski definition) is 0. The van der Waals surface area contributed by atoms with Crippen molar-refractivity contribution in [2.24, 2.45) is 0 Å². The van der Waals surface area contributed by atoms with Gasteiger partial charge < -0.3 is 4.90 Å². The van der Waals surface area contributed by atoms with Gasteiger partial charge in [0.15, 0.2) is 0 Å². The Balaban J connectivity index is 3.04. The van der Waals surface area contributed by atoms with Crippen LogP contribution in [0, 0.1) is 0 Å². The van der Waals surface area contributed by atoms with Gasteiger partial charge in [0.05, 0.1) is 0 Å². The first-order valence-electron chi connectivity index (χ1n) is 6.64. The molecule has 1 rings (SSSR count). The second kappa shape index (κ2) is 7.11. The lowest BCUT2D eigenvalue weighted by molar-refractivity contribution is -0.144. The topological polar surface area (TPSA) is 29.0 Å². The summed E-state index contributed by atoms with van der Waals surface area (Å²) in [6, 6.07) is 1.42. The first-order chi connectivity index (χ1) is 9.25. The molecule has 1 heterocycles. The maximum absolute atomic E-state index is 12.7. The quantitative estimate of drug-likeness (QED) is 0.570. The largest absolute Gasteiger partial charge is 0.451 e. The molecule has 0 saturated carbocycles. The molecule has 0 aliphatic heterocycles. The van der Waals surface area contributed by atoms with Crippen LogP contribution in [0.5, 0.6) is 0 Å². The van der Waals surface area contributed by atoms with E-state index in [0.29, 0.717) is 6.54 Å². The lowest BCUT2D eigenvalue weighted by Gasteiger charge is -2.28. The summed E-state index contributed by atoms with van der Waals surface area (Å²) < 4.78 is 38.2. The Kier molecular flexibility index (Phi) is 6.05.